The van der Waals surface area contributed by atoms with Crippen LogP contribution in [0.25, 0.3) is 0 Å². The summed E-state index contributed by atoms with van der Waals surface area (Å²) in [5.74, 6) is 0.00389. The van der Waals surface area contributed by atoms with Gasteiger partial charge in [-0.1, -0.05) is 30.3 Å². The van der Waals surface area contributed by atoms with Gasteiger partial charge in [0.05, 0.1) is 25.7 Å². The van der Waals surface area contributed by atoms with Gasteiger partial charge in [-0.25, -0.2) is 9.59 Å². The van der Waals surface area contributed by atoms with E-state index in [2.05, 4.69) is 5.32 Å². The first-order valence-corrected chi connectivity index (χ1v) is 15.2. The third-order valence-corrected chi connectivity index (χ3v) is 7.56. The molecule has 1 aromatic rings. The maximum absolute atomic E-state index is 13.1. The fourth-order valence-corrected chi connectivity index (χ4v) is 5.36. The molecule has 2 fully saturated rings. The van der Waals surface area contributed by atoms with E-state index in [9.17, 15) is 19.2 Å². The van der Waals surface area contributed by atoms with Crippen molar-refractivity contribution in [2.24, 2.45) is 10.9 Å². The maximum Gasteiger partial charge on any atom is 0.410 e. The van der Waals surface area contributed by atoms with E-state index in [0.29, 0.717) is 51.0 Å². The number of hydrogen-bond donors (Lipinski definition) is 1. The van der Waals surface area contributed by atoms with E-state index in [1.54, 1.807) is 11.8 Å². The topological polar surface area (TPSA) is 127 Å². The molecule has 0 spiro atoms. The van der Waals surface area contributed by atoms with Gasteiger partial charge in [-0.3, -0.25) is 14.6 Å². The fourth-order valence-electron chi connectivity index (χ4n) is 5.36. The van der Waals surface area contributed by atoms with Crippen LogP contribution in [0.3, 0.4) is 0 Å². The Balaban J connectivity index is 1.45. The summed E-state index contributed by atoms with van der Waals surface area (Å²) in [4.78, 5) is 57.9. The van der Waals surface area contributed by atoms with Gasteiger partial charge in [0, 0.05) is 39.5 Å². The molecule has 2 aliphatic heterocycles. The van der Waals surface area contributed by atoms with Gasteiger partial charge in [-0.2, -0.15) is 0 Å². The van der Waals surface area contributed by atoms with E-state index in [-0.39, 0.29) is 43.6 Å². The Morgan fingerprint density at radius 2 is 1.67 bits per heavy atom. The van der Waals surface area contributed by atoms with Crippen molar-refractivity contribution in [2.45, 2.75) is 84.4 Å². The summed E-state index contributed by atoms with van der Waals surface area (Å²) < 4.78 is 16.3. The lowest BCUT2D eigenvalue weighted by molar-refractivity contribution is -0.147. The number of nitrogens with one attached hydrogen (secondary N) is 1. The van der Waals surface area contributed by atoms with Crippen LogP contribution in [0.5, 0.6) is 0 Å². The van der Waals surface area contributed by atoms with E-state index < -0.39 is 12.0 Å². The van der Waals surface area contributed by atoms with Gasteiger partial charge in [0.15, 0.2) is 5.90 Å². The minimum Gasteiger partial charge on any atom is -0.481 e. The lowest BCUT2D eigenvalue weighted by atomic mass is 9.92. The molecule has 0 bridgehead atoms. The lowest BCUT2D eigenvalue weighted by Crippen LogP contribution is -2.44. The quantitative estimate of drug-likeness (QED) is 0.225. The number of piperidine rings is 2. The number of aliphatic imine (C=N–C) groups is 1. The summed E-state index contributed by atoms with van der Waals surface area (Å²) in [7, 11) is 0. The Bertz CT molecular complexity index is 1060. The van der Waals surface area contributed by atoms with Crippen LogP contribution in [-0.2, 0) is 35.2 Å². The number of rotatable bonds is 12. The summed E-state index contributed by atoms with van der Waals surface area (Å²) in [6.07, 6.45) is 4.41. The molecule has 3 rings (SSSR count). The van der Waals surface area contributed by atoms with E-state index >= 15 is 0 Å². The number of likely N-dealkylation sites (tertiary alicyclic amines) is 2. The SMILES string of the molecule is CCOC(=O)[C@H](CC(=NC1CCCN(C(=O)CCC2CCN(C(=O)OCc3ccccc3)CC2)C1)OCC)NC(C)=O. The second-order valence-electron chi connectivity index (χ2n) is 10.8. The molecule has 2 heterocycles. The van der Waals surface area contributed by atoms with Crippen LogP contribution in [0.4, 0.5) is 4.79 Å². The summed E-state index contributed by atoms with van der Waals surface area (Å²) in [6, 6.07) is 8.61. The summed E-state index contributed by atoms with van der Waals surface area (Å²) in [5, 5.41) is 2.62. The highest BCUT2D eigenvalue weighted by Crippen LogP contribution is 2.24. The first kappa shape index (κ1) is 32.9. The molecule has 1 aromatic carbocycles. The molecule has 2 atom stereocenters. The Labute approximate surface area is 248 Å². The largest absolute Gasteiger partial charge is 0.481 e. The van der Waals surface area contributed by atoms with Crippen LogP contribution in [0.1, 0.15) is 71.3 Å². The molecule has 0 aliphatic carbocycles. The van der Waals surface area contributed by atoms with Crippen LogP contribution < -0.4 is 5.32 Å². The number of amides is 3. The first-order valence-electron chi connectivity index (χ1n) is 15.2. The minimum atomic E-state index is -0.883. The normalized spacial score (nSPS) is 18.6. The molecule has 11 nitrogen and oxygen atoms in total. The zero-order valence-electron chi connectivity index (χ0n) is 25.2. The Morgan fingerprint density at radius 1 is 0.952 bits per heavy atom. The molecule has 11 heteroatoms. The van der Waals surface area contributed by atoms with Crippen molar-refractivity contribution >= 4 is 29.8 Å². The molecule has 1 unspecified atom stereocenters. The highest BCUT2D eigenvalue weighted by atomic mass is 16.6. The smallest absolute Gasteiger partial charge is 0.410 e. The molecule has 0 aromatic heterocycles. The van der Waals surface area contributed by atoms with E-state index in [4.69, 9.17) is 19.2 Å². The van der Waals surface area contributed by atoms with E-state index in [1.807, 2.05) is 42.2 Å². The Hall–Kier alpha value is -3.63. The zero-order chi connectivity index (χ0) is 30.3. The van der Waals surface area contributed by atoms with Gasteiger partial charge in [0.1, 0.15) is 12.6 Å². The van der Waals surface area contributed by atoms with Crippen LogP contribution in [-0.4, -0.2) is 91.1 Å². The van der Waals surface area contributed by atoms with E-state index in [0.717, 1.165) is 37.7 Å². The molecule has 2 aliphatic rings. The lowest BCUT2D eigenvalue weighted by Gasteiger charge is -2.33. The van der Waals surface area contributed by atoms with Gasteiger partial charge in [0.25, 0.3) is 0 Å². The minimum absolute atomic E-state index is 0.0925. The molecule has 42 heavy (non-hydrogen) atoms. The third kappa shape index (κ3) is 11.0. The molecule has 0 saturated carbocycles. The molecule has 1 N–H and O–H groups in total. The molecular weight excluding hydrogens is 540 g/mol. The highest BCUT2D eigenvalue weighted by molar-refractivity contribution is 5.89. The molecule has 3 amide bonds. The fraction of sp³-hybridized carbons (Fsp3) is 0.645. The van der Waals surface area contributed by atoms with Crippen molar-refractivity contribution < 1.29 is 33.4 Å². The van der Waals surface area contributed by atoms with Crippen LogP contribution in [0.2, 0.25) is 0 Å². The standard InChI is InChI=1S/C31H46N4O7/c1-4-40-28(20-27(32-23(3)36)30(38)41-5-2)33-26-12-9-17-35(21-26)29(37)14-13-24-15-18-34(19-16-24)31(39)42-22-25-10-7-6-8-11-25/h6-8,10-11,24,26-27H,4-5,9,12-22H2,1-3H3,(H,32,36)/t26?,27-/m0/s1. The highest BCUT2D eigenvalue weighted by Gasteiger charge is 2.29. The summed E-state index contributed by atoms with van der Waals surface area (Å²) >= 11 is 0. The number of carbonyl (C=O) groups excluding carboxylic acids is 4. The van der Waals surface area contributed by atoms with Crippen molar-refractivity contribution in [2.75, 3.05) is 39.4 Å². The van der Waals surface area contributed by atoms with Crippen molar-refractivity contribution in [3.8, 4) is 0 Å². The molecule has 2 saturated heterocycles. The summed E-state index contributed by atoms with van der Waals surface area (Å²) in [6.45, 7) is 8.19. The van der Waals surface area contributed by atoms with Crippen LogP contribution in [0, 0.1) is 5.92 Å². The van der Waals surface area contributed by atoms with Gasteiger partial charge in [0.2, 0.25) is 11.8 Å². The zero-order valence-corrected chi connectivity index (χ0v) is 25.2. The third-order valence-electron chi connectivity index (χ3n) is 7.56. The number of esters is 1. The van der Waals surface area contributed by atoms with Crippen molar-refractivity contribution in [1.29, 1.82) is 0 Å². The monoisotopic (exact) mass is 586 g/mol. The Kier molecular flexibility index (Phi) is 13.6. The van der Waals surface area contributed by atoms with Crippen LogP contribution >= 0.6 is 0 Å². The van der Waals surface area contributed by atoms with Crippen molar-refractivity contribution in [1.82, 2.24) is 15.1 Å². The number of benzene rings is 1. The van der Waals surface area contributed by atoms with Crippen molar-refractivity contribution in [3.05, 3.63) is 35.9 Å². The number of hydrogen-bond acceptors (Lipinski definition) is 8. The molecule has 0 radical (unpaired) electrons. The van der Waals surface area contributed by atoms with Gasteiger partial charge in [-0.05, 0) is 57.4 Å². The molecule has 232 valence electrons. The second kappa shape index (κ2) is 17.4. The first-order chi connectivity index (χ1) is 20.3. The number of ether oxygens (including phenoxy) is 3. The van der Waals surface area contributed by atoms with Gasteiger partial charge in [-0.15, -0.1) is 0 Å². The number of carbonyl (C=O) groups is 4. The average molecular weight is 587 g/mol. The second-order valence-corrected chi connectivity index (χ2v) is 10.8. The predicted octanol–water partition coefficient (Wildman–Crippen LogP) is 3.70. The summed E-state index contributed by atoms with van der Waals surface area (Å²) in [5.41, 5.74) is 0.963. The van der Waals surface area contributed by atoms with Crippen LogP contribution in [0.15, 0.2) is 35.3 Å². The Morgan fingerprint density at radius 3 is 2.33 bits per heavy atom. The average Bonchev–Trinajstić information content (AvgIpc) is 2.99. The van der Waals surface area contributed by atoms with Crippen molar-refractivity contribution in [3.63, 3.8) is 0 Å². The maximum atomic E-state index is 13.1. The van der Waals surface area contributed by atoms with Gasteiger partial charge >= 0.3 is 12.1 Å². The van der Waals surface area contributed by atoms with Gasteiger partial charge < -0.3 is 29.3 Å². The molecular formula is C31H46N4O7. The van der Waals surface area contributed by atoms with E-state index in [1.165, 1.54) is 6.92 Å². The predicted molar refractivity (Wildman–Crippen MR) is 158 cm³/mol. The number of nitrogens with zero attached hydrogens (tertiary/aromatic N) is 3.